The molecular formula is C15H15NO2. The maximum atomic E-state index is 12.3. The van der Waals surface area contributed by atoms with Gasteiger partial charge in [-0.05, 0) is 23.8 Å². The van der Waals surface area contributed by atoms with Gasteiger partial charge in [0, 0.05) is 43.0 Å². The van der Waals surface area contributed by atoms with Gasteiger partial charge in [-0.15, -0.1) is 0 Å². The van der Waals surface area contributed by atoms with E-state index in [1.54, 1.807) is 12.4 Å². The van der Waals surface area contributed by atoms with Gasteiger partial charge in [0.05, 0.1) is 0 Å². The lowest BCUT2D eigenvalue weighted by atomic mass is 9.95. The molecule has 3 nitrogen and oxygen atoms in total. The zero-order chi connectivity index (χ0) is 12.4. The smallest absolute Gasteiger partial charge is 0.163 e. The van der Waals surface area contributed by atoms with E-state index < -0.39 is 0 Å². The molecule has 0 amide bonds. The van der Waals surface area contributed by atoms with Crippen LogP contribution in [0.15, 0.2) is 36.7 Å². The molecule has 0 spiro atoms. The summed E-state index contributed by atoms with van der Waals surface area (Å²) in [5.74, 6) is 0.594. The predicted octanol–water partition coefficient (Wildman–Crippen LogP) is 2.84. The number of aromatic nitrogens is 1. The standard InChI is InChI=1S/C15H15NO2/c17-15(8-11-5-7-18-10-11)14-3-1-2-12-9-16-6-4-13(12)14/h1-4,6,9,11H,5,7-8,10H2. The highest BCUT2D eigenvalue weighted by Crippen LogP contribution is 2.23. The number of ketones is 1. The second-order valence-electron chi connectivity index (χ2n) is 4.76. The summed E-state index contributed by atoms with van der Waals surface area (Å²) in [6, 6.07) is 7.72. The number of rotatable bonds is 3. The third-order valence-electron chi connectivity index (χ3n) is 3.48. The summed E-state index contributed by atoms with van der Waals surface area (Å²) in [6.07, 6.45) is 5.11. The first-order valence-electron chi connectivity index (χ1n) is 6.28. The molecule has 2 heterocycles. The molecule has 1 aromatic heterocycles. The van der Waals surface area contributed by atoms with Gasteiger partial charge in [0.15, 0.2) is 5.78 Å². The molecule has 1 aliphatic heterocycles. The number of carbonyl (C=O) groups excluding carboxylic acids is 1. The second-order valence-corrected chi connectivity index (χ2v) is 4.76. The largest absolute Gasteiger partial charge is 0.381 e. The Kier molecular flexibility index (Phi) is 3.07. The summed E-state index contributed by atoms with van der Waals surface area (Å²) >= 11 is 0. The number of pyridine rings is 1. The van der Waals surface area contributed by atoms with Crippen LogP contribution in [0.4, 0.5) is 0 Å². The van der Waals surface area contributed by atoms with Crippen molar-refractivity contribution in [1.82, 2.24) is 4.98 Å². The average molecular weight is 241 g/mol. The van der Waals surface area contributed by atoms with Gasteiger partial charge >= 0.3 is 0 Å². The van der Waals surface area contributed by atoms with Gasteiger partial charge < -0.3 is 4.74 Å². The summed E-state index contributed by atoms with van der Waals surface area (Å²) in [6.45, 7) is 1.51. The fourth-order valence-electron chi connectivity index (χ4n) is 2.48. The van der Waals surface area contributed by atoms with Crippen LogP contribution in [0.1, 0.15) is 23.2 Å². The van der Waals surface area contributed by atoms with Crippen LogP contribution < -0.4 is 0 Å². The summed E-state index contributed by atoms with van der Waals surface area (Å²) < 4.78 is 5.32. The van der Waals surface area contributed by atoms with Crippen molar-refractivity contribution < 1.29 is 9.53 Å². The van der Waals surface area contributed by atoms with E-state index in [9.17, 15) is 4.79 Å². The van der Waals surface area contributed by atoms with Gasteiger partial charge in [-0.3, -0.25) is 9.78 Å². The van der Waals surface area contributed by atoms with Gasteiger partial charge in [0.2, 0.25) is 0 Å². The third kappa shape index (κ3) is 2.14. The minimum Gasteiger partial charge on any atom is -0.381 e. The summed E-state index contributed by atoms with van der Waals surface area (Å²) in [7, 11) is 0. The van der Waals surface area contributed by atoms with Gasteiger partial charge in [-0.2, -0.15) is 0 Å². The first-order valence-corrected chi connectivity index (χ1v) is 6.28. The van der Waals surface area contributed by atoms with Crippen molar-refractivity contribution in [3.8, 4) is 0 Å². The summed E-state index contributed by atoms with van der Waals surface area (Å²) in [5.41, 5.74) is 0.807. The maximum Gasteiger partial charge on any atom is 0.163 e. The zero-order valence-electron chi connectivity index (χ0n) is 10.1. The molecule has 0 saturated carbocycles. The Morgan fingerprint density at radius 2 is 2.33 bits per heavy atom. The van der Waals surface area contributed by atoms with Crippen LogP contribution in [0.5, 0.6) is 0 Å². The molecule has 18 heavy (non-hydrogen) atoms. The van der Waals surface area contributed by atoms with E-state index in [2.05, 4.69) is 4.98 Å². The normalized spacial score (nSPS) is 19.2. The van der Waals surface area contributed by atoms with Gasteiger partial charge in [0.1, 0.15) is 0 Å². The zero-order valence-corrected chi connectivity index (χ0v) is 10.1. The Morgan fingerprint density at radius 1 is 1.39 bits per heavy atom. The molecule has 0 N–H and O–H groups in total. The predicted molar refractivity (Wildman–Crippen MR) is 69.6 cm³/mol. The van der Waals surface area contributed by atoms with Crippen LogP contribution in [0.3, 0.4) is 0 Å². The highest BCUT2D eigenvalue weighted by atomic mass is 16.5. The second kappa shape index (κ2) is 4.86. The van der Waals surface area contributed by atoms with Crippen LogP contribution in [0, 0.1) is 5.92 Å². The van der Waals surface area contributed by atoms with E-state index in [-0.39, 0.29) is 5.78 Å². The molecule has 1 atom stereocenters. The number of Topliss-reactive ketones (excluding diaryl/α,β-unsaturated/α-hetero) is 1. The van der Waals surface area contributed by atoms with Crippen molar-refractivity contribution in [2.45, 2.75) is 12.8 Å². The molecule has 1 aromatic carbocycles. The molecule has 2 aromatic rings. The Bertz CT molecular complexity index is 568. The van der Waals surface area contributed by atoms with Crippen molar-refractivity contribution in [2.75, 3.05) is 13.2 Å². The van der Waals surface area contributed by atoms with Crippen LogP contribution >= 0.6 is 0 Å². The van der Waals surface area contributed by atoms with Crippen LogP contribution in [-0.2, 0) is 4.74 Å². The van der Waals surface area contributed by atoms with Crippen molar-refractivity contribution in [3.05, 3.63) is 42.2 Å². The van der Waals surface area contributed by atoms with E-state index >= 15 is 0 Å². The van der Waals surface area contributed by atoms with E-state index in [4.69, 9.17) is 4.74 Å². The van der Waals surface area contributed by atoms with Gasteiger partial charge in [0.25, 0.3) is 0 Å². The molecule has 0 bridgehead atoms. The quantitative estimate of drug-likeness (QED) is 0.776. The maximum absolute atomic E-state index is 12.3. The Morgan fingerprint density at radius 3 is 3.17 bits per heavy atom. The molecule has 1 fully saturated rings. The first kappa shape index (κ1) is 11.4. The topological polar surface area (TPSA) is 39.2 Å². The molecule has 3 heteroatoms. The Hall–Kier alpha value is -1.74. The van der Waals surface area contributed by atoms with E-state index in [1.807, 2.05) is 24.3 Å². The van der Waals surface area contributed by atoms with Crippen LogP contribution in [-0.4, -0.2) is 24.0 Å². The van der Waals surface area contributed by atoms with E-state index in [0.29, 0.717) is 12.3 Å². The molecule has 1 saturated heterocycles. The van der Waals surface area contributed by atoms with Crippen molar-refractivity contribution >= 4 is 16.6 Å². The SMILES string of the molecule is O=C(CC1CCOC1)c1cccc2cnccc12. The Balaban J connectivity index is 1.91. The van der Waals surface area contributed by atoms with Gasteiger partial charge in [-0.1, -0.05) is 18.2 Å². The van der Waals surface area contributed by atoms with Crippen molar-refractivity contribution in [2.24, 2.45) is 5.92 Å². The van der Waals surface area contributed by atoms with Crippen molar-refractivity contribution in [1.29, 1.82) is 0 Å². The molecule has 0 aliphatic carbocycles. The summed E-state index contributed by atoms with van der Waals surface area (Å²) in [4.78, 5) is 16.4. The highest BCUT2D eigenvalue weighted by Gasteiger charge is 2.20. The molecular weight excluding hydrogens is 226 g/mol. The molecule has 0 radical (unpaired) electrons. The third-order valence-corrected chi connectivity index (χ3v) is 3.48. The number of ether oxygens (including phenoxy) is 1. The first-order chi connectivity index (χ1) is 8.84. The van der Waals surface area contributed by atoms with Crippen LogP contribution in [0.2, 0.25) is 0 Å². The Labute approximate surface area is 106 Å². The minimum atomic E-state index is 0.210. The molecule has 1 unspecified atom stereocenters. The minimum absolute atomic E-state index is 0.210. The average Bonchev–Trinajstić information content (AvgIpc) is 2.91. The van der Waals surface area contributed by atoms with Crippen LogP contribution in [0.25, 0.3) is 10.8 Å². The lowest BCUT2D eigenvalue weighted by molar-refractivity contribution is 0.0954. The van der Waals surface area contributed by atoms with Crippen molar-refractivity contribution in [3.63, 3.8) is 0 Å². The number of fused-ring (bicyclic) bond motifs is 1. The molecule has 3 rings (SSSR count). The number of benzene rings is 1. The monoisotopic (exact) mass is 241 g/mol. The van der Waals surface area contributed by atoms with Gasteiger partial charge in [-0.25, -0.2) is 0 Å². The van der Waals surface area contributed by atoms with E-state index in [1.165, 1.54) is 0 Å². The fraction of sp³-hybridized carbons (Fsp3) is 0.333. The summed E-state index contributed by atoms with van der Waals surface area (Å²) in [5, 5.41) is 2.02. The number of carbonyl (C=O) groups is 1. The fourth-order valence-corrected chi connectivity index (χ4v) is 2.48. The highest BCUT2D eigenvalue weighted by molar-refractivity contribution is 6.07. The molecule has 92 valence electrons. The lowest BCUT2D eigenvalue weighted by Gasteiger charge is -2.08. The lowest BCUT2D eigenvalue weighted by Crippen LogP contribution is -2.09. The number of nitrogens with zero attached hydrogens (tertiary/aromatic N) is 1. The molecule has 1 aliphatic rings. The van der Waals surface area contributed by atoms with E-state index in [0.717, 1.165) is 36.0 Å². The number of hydrogen-bond acceptors (Lipinski definition) is 3. The number of hydrogen-bond donors (Lipinski definition) is 0.